The lowest BCUT2D eigenvalue weighted by molar-refractivity contribution is -0.149. The van der Waals surface area contributed by atoms with Crippen LogP contribution in [-0.4, -0.2) is 25.8 Å². The molecule has 0 spiro atoms. The van der Waals surface area contributed by atoms with E-state index in [0.717, 1.165) is 38.8 Å². The lowest BCUT2D eigenvalue weighted by atomic mass is 9.97. The number of furan rings is 1. The van der Waals surface area contributed by atoms with Gasteiger partial charge in [0.25, 0.3) is 0 Å². The van der Waals surface area contributed by atoms with Gasteiger partial charge >= 0.3 is 5.97 Å². The van der Waals surface area contributed by atoms with Gasteiger partial charge in [0.05, 0.1) is 19.3 Å². The summed E-state index contributed by atoms with van der Waals surface area (Å²) in [7, 11) is 1.58. The second-order valence-corrected chi connectivity index (χ2v) is 8.73. The Morgan fingerprint density at radius 2 is 1.86 bits per heavy atom. The molecule has 3 aromatic carbocycles. The molecule has 6 nitrogen and oxygen atoms in total. The summed E-state index contributed by atoms with van der Waals surface area (Å²) in [6.07, 6.45) is 1.52. The molecule has 4 rings (SSSR count). The van der Waals surface area contributed by atoms with Crippen LogP contribution in [0.3, 0.4) is 0 Å². The van der Waals surface area contributed by atoms with Crippen LogP contribution in [-0.2, 0) is 27.3 Å². The molecule has 0 aliphatic heterocycles. The highest BCUT2D eigenvalue weighted by molar-refractivity contribution is 5.93. The van der Waals surface area contributed by atoms with Crippen molar-refractivity contribution in [2.75, 3.05) is 13.7 Å². The van der Waals surface area contributed by atoms with E-state index in [1.54, 1.807) is 20.3 Å². The second-order valence-electron chi connectivity index (χ2n) is 8.73. The molecule has 1 unspecified atom stereocenters. The molecule has 0 fully saturated rings. The van der Waals surface area contributed by atoms with E-state index in [9.17, 15) is 4.79 Å². The van der Waals surface area contributed by atoms with Crippen molar-refractivity contribution in [3.63, 3.8) is 0 Å². The zero-order valence-corrected chi connectivity index (χ0v) is 20.3. The van der Waals surface area contributed by atoms with Gasteiger partial charge < -0.3 is 24.4 Å². The van der Waals surface area contributed by atoms with Crippen LogP contribution in [0.5, 0.6) is 5.75 Å². The monoisotopic (exact) mass is 473 g/mol. The van der Waals surface area contributed by atoms with Gasteiger partial charge in [0.2, 0.25) is 0 Å². The van der Waals surface area contributed by atoms with Gasteiger partial charge in [-0.1, -0.05) is 36.4 Å². The Balaban J connectivity index is 1.55. The predicted molar refractivity (Wildman–Crippen MR) is 136 cm³/mol. The molecule has 0 radical (unpaired) electrons. The van der Waals surface area contributed by atoms with Gasteiger partial charge in [0.1, 0.15) is 24.0 Å². The molecular formula is C29H31NO5. The first-order chi connectivity index (χ1) is 16.9. The van der Waals surface area contributed by atoms with Crippen LogP contribution in [0, 0.1) is 0 Å². The van der Waals surface area contributed by atoms with E-state index in [1.165, 1.54) is 0 Å². The van der Waals surface area contributed by atoms with Crippen molar-refractivity contribution in [3.05, 3.63) is 89.7 Å². The van der Waals surface area contributed by atoms with E-state index in [0.29, 0.717) is 19.0 Å². The first-order valence-electron chi connectivity index (χ1n) is 11.7. The number of fused-ring (bicyclic) bond motifs is 1. The maximum Gasteiger partial charge on any atom is 0.310 e. The largest absolute Gasteiger partial charge is 0.489 e. The summed E-state index contributed by atoms with van der Waals surface area (Å²) in [5.41, 5.74) is 11.8. The zero-order valence-electron chi connectivity index (χ0n) is 20.3. The standard InChI is InChI=1S/C29H31NO5/c1-19(17-32-3)35-28(31)16-24-7-4-5-10-27(24)34-18-21-13-25-11-12-33-29(25)26(14-21)23-9-6-8-22(15-23)20(2)30/h4-15,19-20H,16-18,30H2,1-3H3/t19?,20-/m0/s1. The Hall–Kier alpha value is -3.61. The van der Waals surface area contributed by atoms with Crippen molar-refractivity contribution < 1.29 is 23.4 Å². The second kappa shape index (κ2) is 11.2. The number of rotatable bonds is 10. The van der Waals surface area contributed by atoms with Crippen LogP contribution in [0.25, 0.3) is 22.1 Å². The Morgan fingerprint density at radius 3 is 2.66 bits per heavy atom. The minimum atomic E-state index is -0.318. The molecule has 6 heteroatoms. The number of esters is 1. The summed E-state index contributed by atoms with van der Waals surface area (Å²) >= 11 is 0. The van der Waals surface area contributed by atoms with Gasteiger partial charge in [0, 0.05) is 29.7 Å². The van der Waals surface area contributed by atoms with Crippen molar-refractivity contribution in [1.29, 1.82) is 0 Å². The summed E-state index contributed by atoms with van der Waals surface area (Å²) in [5.74, 6) is 0.332. The summed E-state index contributed by atoms with van der Waals surface area (Å²) in [4.78, 5) is 12.4. The molecule has 4 aromatic rings. The van der Waals surface area contributed by atoms with Gasteiger partial charge in [-0.05, 0) is 60.9 Å². The maximum atomic E-state index is 12.4. The van der Waals surface area contributed by atoms with Crippen LogP contribution in [0.1, 0.15) is 36.6 Å². The van der Waals surface area contributed by atoms with Crippen molar-refractivity contribution in [1.82, 2.24) is 0 Å². The van der Waals surface area contributed by atoms with Crippen molar-refractivity contribution in [2.24, 2.45) is 5.73 Å². The molecule has 0 saturated carbocycles. The minimum absolute atomic E-state index is 0.0609. The molecule has 182 valence electrons. The quantitative estimate of drug-likeness (QED) is 0.292. The number of hydrogen-bond donors (Lipinski definition) is 1. The Morgan fingerprint density at radius 1 is 1.03 bits per heavy atom. The number of benzene rings is 3. The van der Waals surface area contributed by atoms with E-state index in [-0.39, 0.29) is 24.5 Å². The highest BCUT2D eigenvalue weighted by atomic mass is 16.6. The number of hydrogen-bond acceptors (Lipinski definition) is 6. The number of para-hydroxylation sites is 1. The fraction of sp³-hybridized carbons (Fsp3) is 0.276. The molecule has 35 heavy (non-hydrogen) atoms. The van der Waals surface area contributed by atoms with E-state index < -0.39 is 0 Å². The van der Waals surface area contributed by atoms with E-state index in [1.807, 2.05) is 49.4 Å². The van der Waals surface area contributed by atoms with Gasteiger partial charge in [-0.2, -0.15) is 0 Å². The fourth-order valence-electron chi connectivity index (χ4n) is 4.07. The Kier molecular flexibility index (Phi) is 7.85. The molecule has 0 bridgehead atoms. The topological polar surface area (TPSA) is 83.9 Å². The maximum absolute atomic E-state index is 12.4. The third-order valence-corrected chi connectivity index (χ3v) is 5.77. The molecule has 0 aliphatic carbocycles. The van der Waals surface area contributed by atoms with Crippen molar-refractivity contribution >= 4 is 16.9 Å². The van der Waals surface area contributed by atoms with Gasteiger partial charge in [-0.15, -0.1) is 0 Å². The minimum Gasteiger partial charge on any atom is -0.489 e. The summed E-state index contributed by atoms with van der Waals surface area (Å²) < 4.78 is 22.4. The highest BCUT2D eigenvalue weighted by Gasteiger charge is 2.15. The lowest BCUT2D eigenvalue weighted by Crippen LogP contribution is -2.21. The third-order valence-electron chi connectivity index (χ3n) is 5.77. The smallest absolute Gasteiger partial charge is 0.310 e. The van der Waals surface area contributed by atoms with E-state index in [2.05, 4.69) is 24.3 Å². The molecule has 0 amide bonds. The Labute approximate surface area is 205 Å². The SMILES string of the molecule is COCC(C)OC(=O)Cc1ccccc1OCc1cc(-c2cccc([C@H](C)N)c2)c2occc2c1. The summed E-state index contributed by atoms with van der Waals surface area (Å²) in [6, 6.07) is 21.7. The molecule has 1 heterocycles. The number of nitrogens with two attached hydrogens (primary N) is 1. The van der Waals surface area contributed by atoms with Crippen LogP contribution >= 0.6 is 0 Å². The van der Waals surface area contributed by atoms with Crippen LogP contribution in [0.2, 0.25) is 0 Å². The Bertz CT molecular complexity index is 1290. The third kappa shape index (κ3) is 6.10. The lowest BCUT2D eigenvalue weighted by Gasteiger charge is -2.15. The van der Waals surface area contributed by atoms with Crippen LogP contribution in [0.4, 0.5) is 0 Å². The number of carbonyl (C=O) groups is 1. The summed E-state index contributed by atoms with van der Waals surface area (Å²) in [6.45, 7) is 4.47. The van der Waals surface area contributed by atoms with Gasteiger partial charge in [-0.3, -0.25) is 4.79 Å². The predicted octanol–water partition coefficient (Wildman–Crippen LogP) is 5.82. The first-order valence-corrected chi connectivity index (χ1v) is 11.7. The van der Waals surface area contributed by atoms with E-state index in [4.69, 9.17) is 24.4 Å². The molecule has 0 saturated heterocycles. The molecule has 0 aliphatic rings. The zero-order chi connectivity index (χ0) is 24.8. The first kappa shape index (κ1) is 24.5. The molecule has 2 atom stereocenters. The van der Waals surface area contributed by atoms with Gasteiger partial charge in [0.15, 0.2) is 0 Å². The average molecular weight is 474 g/mol. The van der Waals surface area contributed by atoms with Gasteiger partial charge in [-0.25, -0.2) is 0 Å². The molecule has 2 N–H and O–H groups in total. The number of carbonyl (C=O) groups excluding carboxylic acids is 1. The van der Waals surface area contributed by atoms with Crippen molar-refractivity contribution in [2.45, 2.75) is 39.0 Å². The number of methoxy groups -OCH3 is 1. The fourth-order valence-corrected chi connectivity index (χ4v) is 4.07. The normalized spacial score (nSPS) is 12.9. The van der Waals surface area contributed by atoms with Crippen LogP contribution in [0.15, 0.2) is 77.4 Å². The highest BCUT2D eigenvalue weighted by Crippen LogP contribution is 2.33. The summed E-state index contributed by atoms with van der Waals surface area (Å²) in [5, 5.41) is 0.997. The number of ether oxygens (including phenoxy) is 3. The van der Waals surface area contributed by atoms with E-state index >= 15 is 0 Å². The molecular weight excluding hydrogens is 442 g/mol. The molecule has 1 aromatic heterocycles. The van der Waals surface area contributed by atoms with Crippen molar-refractivity contribution in [3.8, 4) is 16.9 Å². The average Bonchev–Trinajstić information content (AvgIpc) is 3.32. The van der Waals surface area contributed by atoms with Crippen LogP contribution < -0.4 is 10.5 Å².